The Hall–Kier alpha value is -1.69. The van der Waals surface area contributed by atoms with Crippen molar-refractivity contribution in [3.8, 4) is 0 Å². The van der Waals surface area contributed by atoms with E-state index >= 15 is 0 Å². The molecule has 4 N–H and O–H groups in total. The van der Waals surface area contributed by atoms with Gasteiger partial charge in [0.15, 0.2) is 0 Å². The summed E-state index contributed by atoms with van der Waals surface area (Å²) in [7, 11) is -3.68. The van der Waals surface area contributed by atoms with Gasteiger partial charge in [-0.15, -0.1) is 0 Å². The molecule has 0 aliphatic heterocycles. The van der Waals surface area contributed by atoms with Gasteiger partial charge in [0.2, 0.25) is 7.37 Å². The van der Waals surface area contributed by atoms with E-state index in [1.54, 1.807) is 0 Å². The molecule has 0 aliphatic carbocycles. The second-order valence-electron chi connectivity index (χ2n) is 5.07. The number of aliphatic carboxylic acids is 2. The third-order valence-electron chi connectivity index (χ3n) is 3.09. The minimum absolute atomic E-state index is 0.159. The van der Waals surface area contributed by atoms with Gasteiger partial charge < -0.3 is 20.4 Å². The average molecular weight is 329 g/mol. The van der Waals surface area contributed by atoms with E-state index in [1.165, 1.54) is 0 Å². The van der Waals surface area contributed by atoms with Crippen molar-refractivity contribution in [1.29, 1.82) is 0 Å². The predicted octanol–water partition coefficient (Wildman–Crippen LogP) is 1.57. The van der Waals surface area contributed by atoms with Crippen molar-refractivity contribution in [2.24, 2.45) is 5.92 Å². The van der Waals surface area contributed by atoms with E-state index in [1.807, 2.05) is 30.3 Å². The van der Waals surface area contributed by atoms with Gasteiger partial charge in [0.25, 0.3) is 0 Å². The molecule has 0 bridgehead atoms. The number of hydrogen-bond acceptors (Lipinski definition) is 4. The third kappa shape index (κ3) is 7.36. The fraction of sp³-hybridized carbons (Fsp3) is 0.429. The van der Waals surface area contributed by atoms with E-state index in [-0.39, 0.29) is 19.1 Å². The normalized spacial score (nSPS) is 15.0. The topological polar surface area (TPSA) is 124 Å². The number of nitrogens with one attached hydrogen (secondary N) is 1. The van der Waals surface area contributed by atoms with Crippen LogP contribution in [0.4, 0.5) is 0 Å². The Labute approximate surface area is 128 Å². The molecule has 0 spiro atoms. The van der Waals surface area contributed by atoms with Gasteiger partial charge in [0.05, 0.1) is 12.2 Å². The van der Waals surface area contributed by atoms with Gasteiger partial charge in [-0.2, -0.15) is 0 Å². The lowest BCUT2D eigenvalue weighted by molar-refractivity contribution is -0.142. The summed E-state index contributed by atoms with van der Waals surface area (Å²) in [5.74, 6) is -3.51. The van der Waals surface area contributed by atoms with Gasteiger partial charge in [0.1, 0.15) is 0 Å². The average Bonchev–Trinajstić information content (AvgIpc) is 2.44. The maximum atomic E-state index is 12.0. The SMILES string of the molecule is O=C(O)CC[C@@H](CP(=O)(O)CNCc1ccccc1)C(=O)O. The molecule has 1 unspecified atom stereocenters. The number of hydrogen-bond donors (Lipinski definition) is 4. The molecule has 8 heteroatoms. The van der Waals surface area contributed by atoms with E-state index in [9.17, 15) is 19.0 Å². The van der Waals surface area contributed by atoms with Crippen LogP contribution < -0.4 is 5.32 Å². The summed E-state index contributed by atoms with van der Waals surface area (Å²) in [4.78, 5) is 31.4. The minimum Gasteiger partial charge on any atom is -0.481 e. The molecule has 0 saturated carbocycles. The highest BCUT2D eigenvalue weighted by atomic mass is 31.2. The maximum Gasteiger partial charge on any atom is 0.307 e. The molecule has 0 heterocycles. The highest BCUT2D eigenvalue weighted by molar-refractivity contribution is 7.57. The molecule has 0 aliphatic rings. The summed E-state index contributed by atoms with van der Waals surface area (Å²) in [6.45, 7) is 0.401. The Morgan fingerprint density at radius 1 is 1.18 bits per heavy atom. The fourth-order valence-corrected chi connectivity index (χ4v) is 3.59. The van der Waals surface area contributed by atoms with Gasteiger partial charge in [-0.25, -0.2) is 0 Å². The van der Waals surface area contributed by atoms with Gasteiger partial charge >= 0.3 is 11.9 Å². The first-order chi connectivity index (χ1) is 10.3. The van der Waals surface area contributed by atoms with Gasteiger partial charge in [-0.1, -0.05) is 30.3 Å². The number of benzene rings is 1. The van der Waals surface area contributed by atoms with Crippen LogP contribution in [-0.2, 0) is 20.7 Å². The molecule has 22 heavy (non-hydrogen) atoms. The molecule has 1 aromatic rings. The van der Waals surface area contributed by atoms with E-state index in [0.717, 1.165) is 5.56 Å². The second-order valence-corrected chi connectivity index (χ2v) is 7.44. The summed E-state index contributed by atoms with van der Waals surface area (Å²) in [5, 5.41) is 20.4. The molecule has 0 aromatic heterocycles. The van der Waals surface area contributed by atoms with Gasteiger partial charge in [0, 0.05) is 19.1 Å². The zero-order valence-electron chi connectivity index (χ0n) is 12.0. The molecule has 122 valence electrons. The molecule has 0 fully saturated rings. The lowest BCUT2D eigenvalue weighted by Gasteiger charge is -2.17. The molecule has 1 rings (SSSR count). The lowest BCUT2D eigenvalue weighted by atomic mass is 10.1. The first kappa shape index (κ1) is 18.4. The number of carbonyl (C=O) groups is 2. The van der Waals surface area contributed by atoms with Crippen LogP contribution in [0.3, 0.4) is 0 Å². The molecule has 0 radical (unpaired) electrons. The quantitative estimate of drug-likeness (QED) is 0.480. The summed E-state index contributed by atoms with van der Waals surface area (Å²) in [6, 6.07) is 9.29. The van der Waals surface area contributed by atoms with Crippen molar-refractivity contribution in [3.05, 3.63) is 35.9 Å². The van der Waals surface area contributed by atoms with Crippen molar-refractivity contribution in [2.75, 3.05) is 12.4 Å². The van der Waals surface area contributed by atoms with Crippen LogP contribution in [0.25, 0.3) is 0 Å². The summed E-state index contributed by atoms with van der Waals surface area (Å²) in [6.07, 6.45) is -1.14. The highest BCUT2D eigenvalue weighted by Crippen LogP contribution is 2.42. The van der Waals surface area contributed by atoms with E-state index in [2.05, 4.69) is 5.32 Å². The zero-order valence-corrected chi connectivity index (χ0v) is 12.9. The minimum atomic E-state index is -3.68. The molecular formula is C14H20NO6P. The summed E-state index contributed by atoms with van der Waals surface area (Å²) in [5.41, 5.74) is 0.947. The van der Waals surface area contributed by atoms with Crippen molar-refractivity contribution < 1.29 is 29.3 Å². The van der Waals surface area contributed by atoms with E-state index in [0.29, 0.717) is 6.54 Å². The Kier molecular flexibility index (Phi) is 7.24. The van der Waals surface area contributed by atoms with Crippen LogP contribution in [0.2, 0.25) is 0 Å². The van der Waals surface area contributed by atoms with E-state index < -0.39 is 31.4 Å². The molecule has 2 atom stereocenters. The molecule has 0 saturated heterocycles. The number of rotatable bonds is 10. The zero-order chi connectivity index (χ0) is 16.6. The van der Waals surface area contributed by atoms with Gasteiger partial charge in [-0.05, 0) is 12.0 Å². The van der Waals surface area contributed by atoms with Crippen molar-refractivity contribution >= 4 is 19.3 Å². The highest BCUT2D eigenvalue weighted by Gasteiger charge is 2.28. The van der Waals surface area contributed by atoms with Crippen LogP contribution >= 0.6 is 7.37 Å². The monoisotopic (exact) mass is 329 g/mol. The Morgan fingerprint density at radius 2 is 1.82 bits per heavy atom. The molecule has 0 amide bonds. The second kappa shape index (κ2) is 8.68. The van der Waals surface area contributed by atoms with Crippen LogP contribution in [0, 0.1) is 5.92 Å². The standard InChI is InChI=1S/C14H20NO6P/c16-13(17)7-6-12(14(18)19)9-22(20,21)10-15-8-11-4-2-1-3-5-11/h1-5,12,15H,6-10H2,(H,16,17)(H,18,19)(H,20,21)/t12-/m0/s1. The van der Waals surface area contributed by atoms with Crippen molar-refractivity contribution in [3.63, 3.8) is 0 Å². The van der Waals surface area contributed by atoms with Gasteiger partial charge in [-0.3, -0.25) is 14.2 Å². The Balaban J connectivity index is 2.47. The fourth-order valence-electron chi connectivity index (χ4n) is 1.97. The number of carboxylic acids is 2. The Morgan fingerprint density at radius 3 is 2.36 bits per heavy atom. The van der Waals surface area contributed by atoms with Crippen LogP contribution in [-0.4, -0.2) is 39.5 Å². The predicted molar refractivity (Wildman–Crippen MR) is 80.8 cm³/mol. The largest absolute Gasteiger partial charge is 0.481 e. The summed E-state index contributed by atoms with van der Waals surface area (Å²) < 4.78 is 12.0. The number of carboxylic acid groups (broad SMARTS) is 2. The smallest absolute Gasteiger partial charge is 0.307 e. The first-order valence-corrected chi connectivity index (χ1v) is 8.83. The third-order valence-corrected chi connectivity index (χ3v) is 4.82. The first-order valence-electron chi connectivity index (χ1n) is 6.80. The van der Waals surface area contributed by atoms with Crippen LogP contribution in [0.15, 0.2) is 30.3 Å². The molecular weight excluding hydrogens is 309 g/mol. The van der Waals surface area contributed by atoms with Crippen LogP contribution in [0.1, 0.15) is 18.4 Å². The maximum absolute atomic E-state index is 12.0. The molecule has 1 aromatic carbocycles. The lowest BCUT2D eigenvalue weighted by Crippen LogP contribution is -2.23. The Bertz CT molecular complexity index is 548. The summed E-state index contributed by atoms with van der Waals surface area (Å²) >= 11 is 0. The molecule has 7 nitrogen and oxygen atoms in total. The van der Waals surface area contributed by atoms with Crippen molar-refractivity contribution in [2.45, 2.75) is 19.4 Å². The van der Waals surface area contributed by atoms with Crippen LogP contribution in [0.5, 0.6) is 0 Å². The van der Waals surface area contributed by atoms with Crippen molar-refractivity contribution in [1.82, 2.24) is 5.32 Å². The van der Waals surface area contributed by atoms with E-state index in [4.69, 9.17) is 10.2 Å².